The summed E-state index contributed by atoms with van der Waals surface area (Å²) in [6.07, 6.45) is 4.19. The Morgan fingerprint density at radius 3 is 2.00 bits per heavy atom. The van der Waals surface area contributed by atoms with Crippen LogP contribution in [-0.4, -0.2) is 15.1 Å². The van der Waals surface area contributed by atoms with Crippen LogP contribution >= 0.6 is 11.6 Å². The van der Waals surface area contributed by atoms with Gasteiger partial charge in [0.25, 0.3) is 0 Å². The zero-order chi connectivity index (χ0) is 16.2. The Morgan fingerprint density at radius 2 is 1.39 bits per heavy atom. The number of nitrogens with zero attached hydrogens (tertiary/aromatic N) is 2. The molecule has 0 saturated heterocycles. The summed E-state index contributed by atoms with van der Waals surface area (Å²) >= 11 is 5.88. The van der Waals surface area contributed by atoms with Crippen molar-refractivity contribution in [3.8, 4) is 11.1 Å². The van der Waals surface area contributed by atoms with Crippen LogP contribution in [0.1, 0.15) is 23.3 Å². The van der Waals surface area contributed by atoms with Crippen LogP contribution in [0.3, 0.4) is 0 Å². The van der Waals surface area contributed by atoms with E-state index in [0.717, 1.165) is 22.3 Å². The molecular formula is C18H16ClN3O. The van der Waals surface area contributed by atoms with E-state index in [2.05, 4.69) is 9.97 Å². The summed E-state index contributed by atoms with van der Waals surface area (Å²) in [4.78, 5) is 8.00. The number of benzene rings is 2. The molecule has 0 aliphatic heterocycles. The first kappa shape index (κ1) is 15.6. The topological polar surface area (TPSA) is 72.0 Å². The Balaban J connectivity index is 1.80. The van der Waals surface area contributed by atoms with Gasteiger partial charge in [0.2, 0.25) is 0 Å². The molecule has 0 bridgehead atoms. The Labute approximate surface area is 139 Å². The predicted molar refractivity (Wildman–Crippen MR) is 90.8 cm³/mol. The minimum Gasteiger partial charge on any atom is -0.386 e. The molecule has 1 heterocycles. The smallest absolute Gasteiger partial charge is 0.115 e. The minimum absolute atomic E-state index is 0.516. The van der Waals surface area contributed by atoms with Crippen LogP contribution in [0.5, 0.6) is 0 Å². The van der Waals surface area contributed by atoms with E-state index in [1.54, 1.807) is 24.5 Å². The van der Waals surface area contributed by atoms with E-state index in [-0.39, 0.29) is 0 Å². The second kappa shape index (κ2) is 6.87. The van der Waals surface area contributed by atoms with Gasteiger partial charge in [-0.1, -0.05) is 48.0 Å². The molecule has 0 saturated carbocycles. The molecule has 3 aromatic rings. The zero-order valence-electron chi connectivity index (χ0n) is 12.3. The molecule has 3 N–H and O–H groups in total. The maximum Gasteiger partial charge on any atom is 0.115 e. The Bertz CT molecular complexity index is 761. The SMILES string of the molecule is NC(c1ccc(Cl)cc1)C(O)c1ccc(-c2cncnc2)cc1. The van der Waals surface area contributed by atoms with Crippen molar-refractivity contribution in [3.05, 3.63) is 83.4 Å². The second-order valence-corrected chi connectivity index (χ2v) is 5.71. The monoisotopic (exact) mass is 325 g/mol. The Hall–Kier alpha value is -2.27. The fraction of sp³-hybridized carbons (Fsp3) is 0.111. The van der Waals surface area contributed by atoms with Crippen LogP contribution < -0.4 is 5.73 Å². The number of hydrogen-bond donors (Lipinski definition) is 2. The molecule has 0 fully saturated rings. The highest BCUT2D eigenvalue weighted by molar-refractivity contribution is 6.30. The molecule has 116 valence electrons. The number of rotatable bonds is 4. The van der Waals surface area contributed by atoms with Gasteiger partial charge in [-0.15, -0.1) is 0 Å². The normalized spacial score (nSPS) is 13.5. The van der Waals surface area contributed by atoms with E-state index in [4.69, 9.17) is 17.3 Å². The highest BCUT2D eigenvalue weighted by atomic mass is 35.5. The summed E-state index contributed by atoms with van der Waals surface area (Å²) in [6.45, 7) is 0. The van der Waals surface area contributed by atoms with Gasteiger partial charge in [-0.3, -0.25) is 0 Å². The summed E-state index contributed by atoms with van der Waals surface area (Å²) in [5.74, 6) is 0. The van der Waals surface area contributed by atoms with Crippen molar-refractivity contribution in [3.63, 3.8) is 0 Å². The third-order valence-electron chi connectivity index (χ3n) is 3.74. The molecule has 23 heavy (non-hydrogen) atoms. The average molecular weight is 326 g/mol. The van der Waals surface area contributed by atoms with E-state index in [0.29, 0.717) is 5.02 Å². The lowest BCUT2D eigenvalue weighted by molar-refractivity contribution is 0.147. The average Bonchev–Trinajstić information content (AvgIpc) is 2.62. The van der Waals surface area contributed by atoms with Gasteiger partial charge in [0.05, 0.1) is 12.1 Å². The molecule has 0 aliphatic carbocycles. The molecular weight excluding hydrogens is 310 g/mol. The number of halogens is 1. The van der Waals surface area contributed by atoms with Gasteiger partial charge < -0.3 is 10.8 Å². The lowest BCUT2D eigenvalue weighted by atomic mass is 9.95. The first-order chi connectivity index (χ1) is 11.1. The molecule has 4 nitrogen and oxygen atoms in total. The third kappa shape index (κ3) is 3.56. The summed E-state index contributed by atoms with van der Waals surface area (Å²) in [6, 6.07) is 14.2. The van der Waals surface area contributed by atoms with Gasteiger partial charge in [0.15, 0.2) is 0 Å². The van der Waals surface area contributed by atoms with E-state index in [9.17, 15) is 5.11 Å². The highest BCUT2D eigenvalue weighted by Gasteiger charge is 2.18. The predicted octanol–water partition coefficient (Wildman–Crippen LogP) is 3.53. The van der Waals surface area contributed by atoms with Gasteiger partial charge in [0, 0.05) is 23.0 Å². The van der Waals surface area contributed by atoms with Crippen LogP contribution in [0.2, 0.25) is 5.02 Å². The lowest BCUT2D eigenvalue weighted by Gasteiger charge is -2.20. The highest BCUT2D eigenvalue weighted by Crippen LogP contribution is 2.29. The molecule has 2 unspecified atom stereocenters. The second-order valence-electron chi connectivity index (χ2n) is 5.27. The van der Waals surface area contributed by atoms with Crippen LogP contribution in [0, 0.1) is 0 Å². The molecule has 2 aromatic carbocycles. The third-order valence-corrected chi connectivity index (χ3v) is 3.99. The van der Waals surface area contributed by atoms with E-state index >= 15 is 0 Å². The summed E-state index contributed by atoms with van der Waals surface area (Å²) in [7, 11) is 0. The van der Waals surface area contributed by atoms with Gasteiger partial charge in [0.1, 0.15) is 6.33 Å². The van der Waals surface area contributed by atoms with Crippen LogP contribution in [0.25, 0.3) is 11.1 Å². The summed E-state index contributed by atoms with van der Waals surface area (Å²) in [5.41, 5.74) is 9.66. The molecule has 0 spiro atoms. The number of aromatic nitrogens is 2. The molecule has 0 amide bonds. The van der Waals surface area contributed by atoms with Crippen molar-refractivity contribution in [1.29, 1.82) is 0 Å². The molecule has 1 aromatic heterocycles. The van der Waals surface area contributed by atoms with Crippen molar-refractivity contribution in [2.75, 3.05) is 0 Å². The fourth-order valence-corrected chi connectivity index (χ4v) is 2.52. The van der Waals surface area contributed by atoms with E-state index < -0.39 is 12.1 Å². The number of hydrogen-bond acceptors (Lipinski definition) is 4. The number of nitrogens with two attached hydrogens (primary N) is 1. The fourth-order valence-electron chi connectivity index (χ4n) is 2.40. The van der Waals surface area contributed by atoms with Crippen molar-refractivity contribution in [2.24, 2.45) is 5.73 Å². The van der Waals surface area contributed by atoms with Gasteiger partial charge >= 0.3 is 0 Å². The van der Waals surface area contributed by atoms with Gasteiger partial charge in [-0.05, 0) is 28.8 Å². The van der Waals surface area contributed by atoms with Crippen molar-refractivity contribution >= 4 is 11.6 Å². The van der Waals surface area contributed by atoms with Gasteiger partial charge in [-0.25, -0.2) is 9.97 Å². The first-order valence-corrected chi connectivity index (χ1v) is 7.57. The van der Waals surface area contributed by atoms with Crippen molar-refractivity contribution in [2.45, 2.75) is 12.1 Å². The van der Waals surface area contributed by atoms with Crippen LogP contribution in [0.4, 0.5) is 0 Å². The van der Waals surface area contributed by atoms with Crippen LogP contribution in [0.15, 0.2) is 67.3 Å². The van der Waals surface area contributed by atoms with Crippen LogP contribution in [-0.2, 0) is 0 Å². The molecule has 3 rings (SSSR count). The quantitative estimate of drug-likeness (QED) is 0.769. The molecule has 5 heteroatoms. The Morgan fingerprint density at radius 1 is 0.826 bits per heavy atom. The van der Waals surface area contributed by atoms with E-state index in [1.165, 1.54) is 6.33 Å². The standard InChI is InChI=1S/C18H16ClN3O/c19-16-7-5-13(6-8-16)17(20)18(23)14-3-1-12(2-4-14)15-9-21-11-22-10-15/h1-11,17-18,23H,20H2. The van der Waals surface area contributed by atoms with Crippen molar-refractivity contribution in [1.82, 2.24) is 9.97 Å². The van der Waals surface area contributed by atoms with E-state index in [1.807, 2.05) is 36.4 Å². The zero-order valence-corrected chi connectivity index (χ0v) is 13.1. The number of aliphatic hydroxyl groups is 1. The maximum atomic E-state index is 10.5. The van der Waals surface area contributed by atoms with Gasteiger partial charge in [-0.2, -0.15) is 0 Å². The lowest BCUT2D eigenvalue weighted by Crippen LogP contribution is -2.19. The van der Waals surface area contributed by atoms with Crippen molar-refractivity contribution < 1.29 is 5.11 Å². The molecule has 2 atom stereocenters. The Kier molecular flexibility index (Phi) is 4.67. The largest absolute Gasteiger partial charge is 0.386 e. The number of aliphatic hydroxyl groups excluding tert-OH is 1. The molecule has 0 radical (unpaired) electrons. The minimum atomic E-state index is -0.794. The molecule has 0 aliphatic rings. The summed E-state index contributed by atoms with van der Waals surface area (Å²) in [5, 5.41) is 11.1. The summed E-state index contributed by atoms with van der Waals surface area (Å²) < 4.78 is 0. The first-order valence-electron chi connectivity index (χ1n) is 7.19. The maximum absolute atomic E-state index is 10.5.